The predicted molar refractivity (Wildman–Crippen MR) is 160 cm³/mol. The van der Waals surface area contributed by atoms with Gasteiger partial charge in [0.05, 0.1) is 11.6 Å². The first kappa shape index (κ1) is 38.6. The summed E-state index contributed by atoms with van der Waals surface area (Å²) in [6, 6.07) is 4.71. The Morgan fingerprint density at radius 1 is 1.28 bits per heavy atom. The molecule has 2 aliphatic rings. The molecule has 1 fully saturated rings. The van der Waals surface area contributed by atoms with E-state index < -0.39 is 23.8 Å². The summed E-state index contributed by atoms with van der Waals surface area (Å²) < 4.78 is 0. The minimum absolute atomic E-state index is 0. The molecule has 0 radical (unpaired) electrons. The molecule has 0 aliphatic carbocycles. The van der Waals surface area contributed by atoms with Gasteiger partial charge >= 0.3 is 57.4 Å². The number of benzene rings is 1. The number of imide groups is 1. The Kier molecular flexibility index (Phi) is 17.2. The predicted octanol–water partition coefficient (Wildman–Crippen LogP) is -1.40. The van der Waals surface area contributed by atoms with Crippen molar-refractivity contribution in [2.24, 2.45) is 16.6 Å². The Labute approximate surface area is 296 Å². The van der Waals surface area contributed by atoms with Crippen LogP contribution in [0.5, 0.6) is 0 Å². The van der Waals surface area contributed by atoms with Crippen molar-refractivity contribution in [3.05, 3.63) is 60.2 Å². The number of amides is 3. The molecule has 0 saturated carbocycles. The second kappa shape index (κ2) is 19.1. The summed E-state index contributed by atoms with van der Waals surface area (Å²) in [5.41, 5.74) is 7.56. The maximum Gasteiger partial charge on any atom is 1.00 e. The quantitative estimate of drug-likeness (QED) is 0.170. The van der Waals surface area contributed by atoms with Crippen LogP contribution in [-0.2, 0) is 14.4 Å². The third kappa shape index (κ3) is 10.9. The average molecular weight is 622 g/mol. The van der Waals surface area contributed by atoms with Crippen LogP contribution in [0.4, 0.5) is 5.69 Å². The normalized spacial score (nSPS) is 22.0. The number of aryl methyl sites for hydroxylation is 1. The summed E-state index contributed by atoms with van der Waals surface area (Å²) in [4.78, 5) is 57.7. The molecule has 43 heavy (non-hydrogen) atoms. The smallest absolute Gasteiger partial charge is 0.870 e. The van der Waals surface area contributed by atoms with Gasteiger partial charge in [0.25, 0.3) is 5.91 Å². The summed E-state index contributed by atoms with van der Waals surface area (Å²) in [6.45, 7) is 12.5. The molecule has 1 saturated heterocycles. The first-order valence-electron chi connectivity index (χ1n) is 14.0. The van der Waals surface area contributed by atoms with Gasteiger partial charge in [0.1, 0.15) is 0 Å². The van der Waals surface area contributed by atoms with E-state index in [1.54, 1.807) is 18.3 Å². The van der Waals surface area contributed by atoms with Gasteiger partial charge in [-0.3, -0.25) is 29.2 Å². The average Bonchev–Trinajstić information content (AvgIpc) is 2.93. The van der Waals surface area contributed by atoms with Crippen molar-refractivity contribution in [3.8, 4) is 0 Å². The maximum absolute atomic E-state index is 13.0. The van der Waals surface area contributed by atoms with Crippen LogP contribution in [-0.4, -0.2) is 102 Å². The molecule has 13 heteroatoms. The fourth-order valence-electron chi connectivity index (χ4n) is 5.24. The molecular weight excluding hydrogens is 579 g/mol. The number of carbonyl (C=O) groups excluding carboxylic acids is 3. The van der Waals surface area contributed by atoms with Gasteiger partial charge in [-0.1, -0.05) is 0 Å². The third-order valence-electron chi connectivity index (χ3n) is 7.68. The van der Waals surface area contributed by atoms with Crippen molar-refractivity contribution in [2.45, 2.75) is 45.2 Å². The molecule has 3 atom stereocenters. The number of nitrogens with one attached hydrogen (secondary N) is 1. The molecule has 3 rings (SSSR count). The van der Waals surface area contributed by atoms with Crippen LogP contribution in [0, 0.1) is 19.8 Å². The van der Waals surface area contributed by atoms with Gasteiger partial charge in [0.15, 0.2) is 0 Å². The fraction of sp³-hybridized carbons (Fsp3) is 0.467. The molecule has 0 bridgehead atoms. The van der Waals surface area contributed by atoms with Gasteiger partial charge in [-0.25, -0.2) is 4.79 Å². The number of hydrogen-bond acceptors (Lipinski definition) is 9. The number of nitrogens with zero attached hydrogens (tertiary/aromatic N) is 4. The van der Waals surface area contributed by atoms with Crippen LogP contribution < -0.4 is 67.3 Å². The van der Waals surface area contributed by atoms with Gasteiger partial charge < -0.3 is 33.5 Å². The second-order valence-electron chi connectivity index (χ2n) is 10.5. The number of carboxylic acid groups (broad SMARTS) is 1. The molecule has 2 heterocycles. The Balaban J connectivity index is 0.00000462. The minimum atomic E-state index is -1.09. The van der Waals surface area contributed by atoms with Gasteiger partial charge in [0, 0.05) is 62.8 Å². The van der Waals surface area contributed by atoms with Crippen LogP contribution in [0.25, 0.3) is 0 Å². The molecule has 1 aromatic rings. The maximum atomic E-state index is 13.0. The number of rotatable bonds is 9. The largest absolute Gasteiger partial charge is 1.00 e. The summed E-state index contributed by atoms with van der Waals surface area (Å²) >= 11 is 0. The van der Waals surface area contributed by atoms with Crippen LogP contribution in [0.2, 0.25) is 0 Å². The van der Waals surface area contributed by atoms with Gasteiger partial charge in [0.2, 0.25) is 12.3 Å². The van der Waals surface area contributed by atoms with E-state index in [9.17, 15) is 24.3 Å². The molecule has 0 spiro atoms. The molecule has 1 aromatic carbocycles. The van der Waals surface area contributed by atoms with Crippen LogP contribution >= 0.6 is 0 Å². The van der Waals surface area contributed by atoms with Crippen LogP contribution in [0.15, 0.2) is 47.1 Å². The molecule has 230 valence electrons. The van der Waals surface area contributed by atoms with Crippen molar-refractivity contribution in [1.82, 2.24) is 15.1 Å². The van der Waals surface area contributed by atoms with Gasteiger partial charge in [-0.2, -0.15) is 6.42 Å². The number of piperazine rings is 1. The SMILES string of the molecule is [CH2-]CC(C(N)=O)N(C=O)C(=O)c1ccc(N2CCN(CC3CCN=C/C(C(=O)O)=C\C=C\NCC3)C(C)C2)cc1C.[K+].[OH-]. The number of nitrogens with two attached hydrogens (primary N) is 1. The molecule has 12 nitrogen and oxygen atoms in total. The van der Waals surface area contributed by atoms with Crippen molar-refractivity contribution >= 4 is 36.1 Å². The van der Waals surface area contributed by atoms with E-state index in [0.29, 0.717) is 36.0 Å². The number of anilines is 1. The number of carboxylic acids is 1. The van der Waals surface area contributed by atoms with Gasteiger partial charge in [-0.05, 0) is 74.7 Å². The Morgan fingerprint density at radius 3 is 2.63 bits per heavy atom. The number of allylic oxidation sites excluding steroid dienone is 2. The van der Waals surface area contributed by atoms with E-state index in [-0.39, 0.29) is 68.9 Å². The van der Waals surface area contributed by atoms with Crippen molar-refractivity contribution in [3.63, 3.8) is 0 Å². The summed E-state index contributed by atoms with van der Waals surface area (Å²) in [5, 5.41) is 12.6. The van der Waals surface area contributed by atoms with Gasteiger partial charge in [-0.15, -0.1) is 0 Å². The van der Waals surface area contributed by atoms with E-state index in [4.69, 9.17) is 5.73 Å². The molecule has 3 unspecified atom stereocenters. The Morgan fingerprint density at radius 2 is 2.02 bits per heavy atom. The standard InChI is InChI=1S/C30H41N6O5.K.H2O/c1-4-27(28(31)38)36(20-37)29(39)26-8-7-25(16-21(26)2)35-15-14-34(22(3)18-35)19-23-9-12-32-11-5-6-24(30(40)41)17-33-13-10-23;;/h5-8,11,16-17,20,22-23,27,32H,1,4,9-10,12-15,18-19H2,2-3H3,(H2,31,38)(H,40,41);;1H2/q-1;+1;/p-1/b11-5+,24-6+,33-17?;;. The number of aliphatic carboxylic acids is 1. The van der Waals surface area contributed by atoms with Crippen molar-refractivity contribution in [2.75, 3.05) is 44.2 Å². The van der Waals surface area contributed by atoms with E-state index in [0.717, 1.165) is 56.2 Å². The fourth-order valence-corrected chi connectivity index (χ4v) is 5.24. The van der Waals surface area contributed by atoms with E-state index in [2.05, 4.69) is 34.0 Å². The number of primary amides is 1. The zero-order chi connectivity index (χ0) is 29.9. The second-order valence-corrected chi connectivity index (χ2v) is 10.5. The third-order valence-corrected chi connectivity index (χ3v) is 7.68. The molecule has 2 aliphatic heterocycles. The van der Waals surface area contributed by atoms with Crippen molar-refractivity contribution in [1.29, 1.82) is 0 Å². The number of aliphatic imine (C=N–C) groups is 1. The Hall–Kier alpha value is -2.39. The Bertz CT molecular complexity index is 1210. The zero-order valence-electron chi connectivity index (χ0n) is 25.3. The summed E-state index contributed by atoms with van der Waals surface area (Å²) in [7, 11) is 0. The van der Waals surface area contributed by atoms with Crippen LogP contribution in [0.3, 0.4) is 0 Å². The summed E-state index contributed by atoms with van der Waals surface area (Å²) in [5.74, 6) is -1.93. The zero-order valence-corrected chi connectivity index (χ0v) is 28.4. The summed E-state index contributed by atoms with van der Waals surface area (Å²) in [6.07, 6.45) is 8.63. The first-order valence-corrected chi connectivity index (χ1v) is 14.0. The monoisotopic (exact) mass is 621 g/mol. The van der Waals surface area contributed by atoms with E-state index >= 15 is 0 Å². The van der Waals surface area contributed by atoms with E-state index in [1.165, 1.54) is 12.3 Å². The molecule has 3 amide bonds. The topological polar surface area (TPSA) is 179 Å². The van der Waals surface area contributed by atoms with E-state index in [1.807, 2.05) is 19.1 Å². The van der Waals surface area contributed by atoms with Crippen LogP contribution in [0.1, 0.15) is 42.1 Å². The van der Waals surface area contributed by atoms with Crippen molar-refractivity contribution < 1.29 is 81.1 Å². The molecule has 5 N–H and O–H groups in total. The number of carbonyl (C=O) groups is 4. The molecular formula is C30H42KN6O6-. The number of hydrogen-bond donors (Lipinski definition) is 3. The molecule has 0 aromatic heterocycles. The minimum Gasteiger partial charge on any atom is -0.870 e. The first-order chi connectivity index (χ1) is 19.7.